The Hall–Kier alpha value is -6.45. The first-order chi connectivity index (χ1) is 34.5. The van der Waals surface area contributed by atoms with E-state index in [9.17, 15) is 79.2 Å². The van der Waals surface area contributed by atoms with Crippen molar-refractivity contribution in [1.29, 1.82) is 0 Å². The number of primary amides is 1. The molecule has 14 atom stereocenters. The Kier molecular flexibility index (Phi) is 20.4. The first-order valence-corrected chi connectivity index (χ1v) is 23.2. The number of carbonyl (C=O) groups is 8. The van der Waals surface area contributed by atoms with Gasteiger partial charge < -0.3 is 91.9 Å². The van der Waals surface area contributed by atoms with Gasteiger partial charge in [-0.25, -0.2) is 10.1 Å². The molecule has 7 unspecified atom stereocenters. The number of phenols is 1. The van der Waals surface area contributed by atoms with E-state index in [1.54, 1.807) is 30.3 Å². The SMILES string of the molecule is CC(O)C1NC(=O)[C@@H](NC(=O)OCc2ccccc2)C[C@H](O)CNC(=O)C2[C@@H](O)C(C)CN2C(=O)[C@H]([C@H](O)CC(N)=O)NC(=O)C([C@H](O)[C@@H](O)c2ccc(O)c(OSOOO)c2)NC(=O)C2CC(O)CN2C1=O. The highest BCUT2D eigenvalue weighted by molar-refractivity contribution is 7.90. The van der Waals surface area contributed by atoms with Crippen LogP contribution in [0.15, 0.2) is 48.5 Å². The third kappa shape index (κ3) is 14.8. The van der Waals surface area contributed by atoms with Crippen LogP contribution in [0.1, 0.15) is 50.3 Å². The second kappa shape index (κ2) is 26.0. The third-order valence-electron chi connectivity index (χ3n) is 12.1. The second-order valence-corrected chi connectivity index (χ2v) is 18.0. The Bertz CT molecular complexity index is 2300. The van der Waals surface area contributed by atoms with Crippen LogP contribution in [0.3, 0.4) is 0 Å². The molecular weight excluding hydrogens is 997 g/mol. The minimum absolute atomic E-state index is 0.0235. The van der Waals surface area contributed by atoms with Crippen molar-refractivity contribution < 1.29 is 103 Å². The summed E-state index contributed by atoms with van der Waals surface area (Å²) in [6.07, 6.45) is -17.2. The molecule has 8 amide bonds. The molecule has 3 heterocycles. The molecule has 3 saturated heterocycles. The van der Waals surface area contributed by atoms with Crippen molar-refractivity contribution in [2.24, 2.45) is 11.7 Å². The van der Waals surface area contributed by atoms with E-state index >= 15 is 0 Å². The van der Waals surface area contributed by atoms with Gasteiger partial charge in [-0.05, 0) is 30.2 Å². The zero-order chi connectivity index (χ0) is 53.8. The number of ether oxygens (including phenoxy) is 1. The third-order valence-corrected chi connectivity index (χ3v) is 12.5. The van der Waals surface area contributed by atoms with Gasteiger partial charge in [0.1, 0.15) is 55.1 Å². The molecule has 0 aliphatic carbocycles. The van der Waals surface area contributed by atoms with Crippen LogP contribution < -0.4 is 36.5 Å². The molecule has 3 fully saturated rings. The summed E-state index contributed by atoms with van der Waals surface area (Å²) in [4.78, 5) is 112. The van der Waals surface area contributed by atoms with Crippen molar-refractivity contribution in [3.8, 4) is 11.5 Å². The number of nitrogens with zero attached hydrogens (tertiary/aromatic N) is 2. The molecule has 16 N–H and O–H groups in total. The molecule has 29 nitrogen and oxygen atoms in total. The number of fused-ring (bicyclic) bond motifs is 2. The number of nitrogens with one attached hydrogen (secondary N) is 5. The number of carbonyl (C=O) groups excluding carboxylic acids is 8. The zero-order valence-electron chi connectivity index (χ0n) is 39.0. The van der Waals surface area contributed by atoms with Crippen molar-refractivity contribution >= 4 is 59.8 Å². The standard InChI is InChI=1S/C43H58N8O21S/c1-18-15-51-33(34(18)58)40(64)45-14-22(53)11-24(46-43(67)69-17-20-6-4-3-5-7-20)37(61)47-30(19(2)52)41(65)50-16-23(54)12-25(50)38(62)49-32(39(63)48-31(42(51)66)27(56)13-29(44)57)36(60)35(59)21-8-9-26(55)28(10-21)70-73-72-71-68/h3-10,18-19,22-25,27,30-36,52-56,58-60,68H,11-17H2,1-2H3,(H2,44,57)(H,45,64)(H,46,67)(H,47,61)(H,48,63)(H,49,62)/t18?,19?,22-,23?,24-,25?,27+,30?,31-,32?,33?,34-,35-,36-/m0/s1. The lowest BCUT2D eigenvalue weighted by atomic mass is 9.96. The lowest BCUT2D eigenvalue weighted by molar-refractivity contribution is -0.433. The van der Waals surface area contributed by atoms with Crippen LogP contribution in [0.4, 0.5) is 4.79 Å². The highest BCUT2D eigenvalue weighted by Gasteiger charge is 2.50. The quantitative estimate of drug-likeness (QED) is 0.0363. The number of alkyl carbamates (subject to hydrolysis) is 1. The molecule has 0 spiro atoms. The van der Waals surface area contributed by atoms with E-state index in [0.717, 1.165) is 30.0 Å². The number of aromatic hydroxyl groups is 1. The molecule has 3 aliphatic heterocycles. The number of benzene rings is 2. The van der Waals surface area contributed by atoms with Crippen LogP contribution in [-0.4, -0.2) is 196 Å². The number of nitrogens with two attached hydrogens (primary N) is 1. The minimum atomic E-state index is -2.51. The highest BCUT2D eigenvalue weighted by atomic mass is 32.2. The summed E-state index contributed by atoms with van der Waals surface area (Å²) in [5.74, 6) is -11.0. The van der Waals surface area contributed by atoms with Crippen molar-refractivity contribution in [3.63, 3.8) is 0 Å². The Morgan fingerprint density at radius 2 is 1.49 bits per heavy atom. The largest absolute Gasteiger partial charge is 0.504 e. The summed E-state index contributed by atoms with van der Waals surface area (Å²) < 4.78 is 14.4. The van der Waals surface area contributed by atoms with Gasteiger partial charge in [-0.3, -0.25) is 33.6 Å². The fourth-order valence-electron chi connectivity index (χ4n) is 8.34. The molecule has 3 aliphatic rings. The fraction of sp³-hybridized carbons (Fsp3) is 0.535. The Labute approximate surface area is 419 Å². The van der Waals surface area contributed by atoms with Gasteiger partial charge in [-0.2, -0.15) is 0 Å². The topological polar surface area (TPSA) is 448 Å². The molecule has 0 aromatic heterocycles. The maximum absolute atomic E-state index is 14.5. The molecule has 30 heteroatoms. The highest BCUT2D eigenvalue weighted by Crippen LogP contribution is 2.34. The Balaban J connectivity index is 1.58. The number of aliphatic hydroxyl groups excluding tert-OH is 7. The van der Waals surface area contributed by atoms with Gasteiger partial charge in [0.2, 0.25) is 41.4 Å². The summed E-state index contributed by atoms with van der Waals surface area (Å²) >= 11 is -0.0235. The van der Waals surface area contributed by atoms with Gasteiger partial charge in [0.05, 0.1) is 36.9 Å². The van der Waals surface area contributed by atoms with Crippen LogP contribution >= 0.6 is 12.3 Å². The molecular formula is C43H58N8O21S. The predicted octanol–water partition coefficient (Wildman–Crippen LogP) is -5.43. The molecule has 0 radical (unpaired) electrons. The van der Waals surface area contributed by atoms with Crippen LogP contribution in [-0.2, 0) is 54.3 Å². The van der Waals surface area contributed by atoms with Crippen molar-refractivity contribution in [2.45, 2.75) is 119 Å². The van der Waals surface area contributed by atoms with E-state index in [1.165, 1.54) is 6.92 Å². The first-order valence-electron chi connectivity index (χ1n) is 22.5. The Morgan fingerprint density at radius 1 is 0.836 bits per heavy atom. The van der Waals surface area contributed by atoms with Crippen LogP contribution in [0.5, 0.6) is 11.5 Å². The molecule has 73 heavy (non-hydrogen) atoms. The van der Waals surface area contributed by atoms with Crippen LogP contribution in [0.2, 0.25) is 0 Å². The molecule has 2 aromatic carbocycles. The number of hydrogen-bond acceptors (Lipinski definition) is 22. The molecule has 0 saturated carbocycles. The lowest BCUT2D eigenvalue weighted by Gasteiger charge is -2.34. The van der Waals surface area contributed by atoms with Crippen LogP contribution in [0, 0.1) is 5.92 Å². The first kappa shape index (κ1) is 57.5. The monoisotopic (exact) mass is 1050 g/mol. The van der Waals surface area contributed by atoms with E-state index in [1.807, 2.05) is 0 Å². The summed E-state index contributed by atoms with van der Waals surface area (Å²) in [7, 11) is 0. The smallest absolute Gasteiger partial charge is 0.408 e. The average Bonchev–Trinajstić information content (AvgIpc) is 3.89. The van der Waals surface area contributed by atoms with Gasteiger partial charge in [0, 0.05) is 38.4 Å². The average molecular weight is 1060 g/mol. The number of hydrogen-bond donors (Lipinski definition) is 15. The van der Waals surface area contributed by atoms with Gasteiger partial charge >= 0.3 is 6.09 Å². The number of phenolic OH excluding ortho intramolecular Hbond substituents is 1. The van der Waals surface area contributed by atoms with E-state index in [4.69, 9.17) is 19.9 Å². The summed E-state index contributed by atoms with van der Waals surface area (Å²) in [5, 5.41) is 112. The number of rotatable bonds is 14. The second-order valence-electron chi connectivity index (χ2n) is 17.6. The van der Waals surface area contributed by atoms with Crippen molar-refractivity contribution in [1.82, 2.24) is 36.4 Å². The Morgan fingerprint density at radius 3 is 2.15 bits per heavy atom. The molecule has 2 aromatic rings. The van der Waals surface area contributed by atoms with E-state index in [0.29, 0.717) is 10.5 Å². The van der Waals surface area contributed by atoms with Gasteiger partial charge in [-0.15, -0.1) is 0 Å². The lowest BCUT2D eigenvalue weighted by Crippen LogP contribution is -2.64. The van der Waals surface area contributed by atoms with E-state index < -0.39 is 183 Å². The summed E-state index contributed by atoms with van der Waals surface area (Å²) in [5.41, 5.74) is 5.53. The minimum Gasteiger partial charge on any atom is -0.504 e. The maximum atomic E-state index is 14.5. The van der Waals surface area contributed by atoms with Crippen LogP contribution in [0.25, 0.3) is 0 Å². The number of β-amino-alcohol motifs (C(OH)–C–C–N with tert-alkyl or cyclic N) is 1. The van der Waals surface area contributed by atoms with Gasteiger partial charge in [-0.1, -0.05) is 52.7 Å². The molecule has 5 rings (SSSR count). The maximum Gasteiger partial charge on any atom is 0.408 e. The van der Waals surface area contributed by atoms with Gasteiger partial charge in [0.15, 0.2) is 11.5 Å². The number of amides is 8. The van der Waals surface area contributed by atoms with Crippen molar-refractivity contribution in [3.05, 3.63) is 59.7 Å². The zero-order valence-corrected chi connectivity index (χ0v) is 39.8. The van der Waals surface area contributed by atoms with Crippen molar-refractivity contribution in [2.75, 3.05) is 19.6 Å². The summed E-state index contributed by atoms with van der Waals surface area (Å²) in [6.45, 7) is 0.415. The summed E-state index contributed by atoms with van der Waals surface area (Å²) in [6, 6.07) is -0.964. The molecule has 0 bridgehead atoms. The molecule has 402 valence electrons. The van der Waals surface area contributed by atoms with E-state index in [2.05, 4.69) is 36.0 Å². The predicted molar refractivity (Wildman–Crippen MR) is 243 cm³/mol. The number of aliphatic hydroxyl groups is 7. The van der Waals surface area contributed by atoms with E-state index in [-0.39, 0.29) is 24.5 Å². The fourth-order valence-corrected chi connectivity index (χ4v) is 8.60. The van der Waals surface area contributed by atoms with Gasteiger partial charge in [0.25, 0.3) is 12.3 Å². The normalized spacial score (nSPS) is 28.4.